The van der Waals surface area contributed by atoms with E-state index >= 15 is 0 Å². The number of carbonyl (C=O) groups is 1. The lowest BCUT2D eigenvalue weighted by molar-refractivity contribution is 0.254. The quantitative estimate of drug-likeness (QED) is 0.434. The van der Waals surface area contributed by atoms with Crippen molar-refractivity contribution in [2.45, 2.75) is 65.2 Å². The summed E-state index contributed by atoms with van der Waals surface area (Å²) in [5, 5.41) is 0. The van der Waals surface area contributed by atoms with E-state index in [0.717, 1.165) is 11.7 Å². The van der Waals surface area contributed by atoms with Gasteiger partial charge in [0.05, 0.1) is 0 Å². The first-order chi connectivity index (χ1) is 8.20. The maximum atomic E-state index is 10.5. The Hall–Kier alpha value is -0.380. The van der Waals surface area contributed by atoms with Crippen molar-refractivity contribution >= 4 is 18.0 Å². The van der Waals surface area contributed by atoms with Crippen molar-refractivity contribution in [1.29, 1.82) is 0 Å². The van der Waals surface area contributed by atoms with Crippen LogP contribution < -0.4 is 10.5 Å². The summed E-state index contributed by atoms with van der Waals surface area (Å²) >= 11 is 1.43. The summed E-state index contributed by atoms with van der Waals surface area (Å²) in [5.41, 5.74) is 5.00. The topological polar surface area (TPSA) is 55.1 Å². The Labute approximate surface area is 110 Å². The van der Waals surface area contributed by atoms with Crippen LogP contribution in [0.25, 0.3) is 0 Å². The summed E-state index contributed by atoms with van der Waals surface area (Å²) in [6.45, 7) is 4.51. The molecule has 0 aliphatic carbocycles. The summed E-state index contributed by atoms with van der Waals surface area (Å²) in [4.78, 5) is 10.5. The smallest absolute Gasteiger partial charge is 0.322 e. The van der Waals surface area contributed by atoms with E-state index in [9.17, 15) is 4.79 Å². The normalized spacial score (nSPS) is 10.8. The molecule has 0 aromatic heterocycles. The molecular weight excluding hydrogens is 232 g/mol. The third-order valence-corrected chi connectivity index (χ3v) is 3.80. The van der Waals surface area contributed by atoms with E-state index < -0.39 is 6.03 Å². The number of urea groups is 1. The van der Waals surface area contributed by atoms with Crippen LogP contribution in [0.1, 0.15) is 65.2 Å². The molecule has 102 valence electrons. The van der Waals surface area contributed by atoms with Gasteiger partial charge in [-0.05, 0) is 30.7 Å². The molecule has 0 fully saturated rings. The Morgan fingerprint density at radius 3 is 2.12 bits per heavy atom. The Morgan fingerprint density at radius 1 is 1.12 bits per heavy atom. The highest BCUT2D eigenvalue weighted by Crippen LogP contribution is 2.21. The third kappa shape index (κ3) is 11.9. The lowest BCUT2D eigenvalue weighted by atomic mass is 9.92. The predicted octanol–water partition coefficient (Wildman–Crippen LogP) is 4.08. The first-order valence-electron chi connectivity index (χ1n) is 6.87. The Balaban J connectivity index is 3.55. The van der Waals surface area contributed by atoms with Gasteiger partial charge in [0.15, 0.2) is 0 Å². The molecule has 0 aliphatic heterocycles. The second kappa shape index (κ2) is 12.1. The molecule has 2 amide bonds. The van der Waals surface area contributed by atoms with Gasteiger partial charge in [-0.25, -0.2) is 4.79 Å². The number of primary amides is 1. The van der Waals surface area contributed by atoms with Crippen molar-refractivity contribution < 1.29 is 4.79 Å². The third-order valence-electron chi connectivity index (χ3n) is 2.96. The second-order valence-electron chi connectivity index (χ2n) is 4.61. The van der Waals surface area contributed by atoms with Gasteiger partial charge in [0.1, 0.15) is 0 Å². The molecule has 0 saturated heterocycles. The van der Waals surface area contributed by atoms with Gasteiger partial charge in [-0.15, -0.1) is 0 Å². The number of nitrogens with one attached hydrogen (secondary N) is 1. The molecule has 0 rings (SSSR count). The molecule has 3 N–H and O–H groups in total. The zero-order valence-corrected chi connectivity index (χ0v) is 12.2. The van der Waals surface area contributed by atoms with Crippen LogP contribution in [-0.4, -0.2) is 11.8 Å². The SMILES string of the molecule is CCCCC(CCCC)CCCSNC(N)=O. The van der Waals surface area contributed by atoms with Crippen molar-refractivity contribution in [2.75, 3.05) is 5.75 Å². The lowest BCUT2D eigenvalue weighted by Gasteiger charge is -2.15. The van der Waals surface area contributed by atoms with Gasteiger partial charge in [0.2, 0.25) is 0 Å². The van der Waals surface area contributed by atoms with Crippen LogP contribution in [0.15, 0.2) is 0 Å². The largest absolute Gasteiger partial charge is 0.351 e. The van der Waals surface area contributed by atoms with Crippen LogP contribution in [0.2, 0.25) is 0 Å². The minimum atomic E-state index is -0.441. The van der Waals surface area contributed by atoms with Crippen LogP contribution in [0.3, 0.4) is 0 Å². The van der Waals surface area contributed by atoms with Gasteiger partial charge in [0.25, 0.3) is 0 Å². The molecule has 0 aromatic carbocycles. The highest BCUT2D eigenvalue weighted by molar-refractivity contribution is 7.97. The van der Waals surface area contributed by atoms with Crippen LogP contribution in [0.5, 0.6) is 0 Å². The van der Waals surface area contributed by atoms with Crippen LogP contribution in [-0.2, 0) is 0 Å². The number of amides is 2. The Morgan fingerprint density at radius 2 is 1.65 bits per heavy atom. The number of nitrogens with two attached hydrogens (primary N) is 1. The first kappa shape index (κ1) is 16.6. The molecule has 0 bridgehead atoms. The average molecular weight is 260 g/mol. The molecule has 4 heteroatoms. The predicted molar refractivity (Wildman–Crippen MR) is 77.0 cm³/mol. The van der Waals surface area contributed by atoms with Crippen molar-refractivity contribution in [3.63, 3.8) is 0 Å². The molecule has 0 saturated carbocycles. The van der Waals surface area contributed by atoms with E-state index in [4.69, 9.17) is 5.73 Å². The summed E-state index contributed by atoms with van der Waals surface area (Å²) < 4.78 is 2.56. The average Bonchev–Trinajstić information content (AvgIpc) is 2.30. The molecule has 0 aliphatic rings. The number of carbonyl (C=O) groups excluding carboxylic acids is 1. The number of rotatable bonds is 11. The van der Waals surface area contributed by atoms with Crippen LogP contribution in [0.4, 0.5) is 4.79 Å². The minimum Gasteiger partial charge on any atom is -0.351 e. The molecule has 0 unspecified atom stereocenters. The summed E-state index contributed by atoms with van der Waals surface area (Å²) in [7, 11) is 0. The maximum absolute atomic E-state index is 10.5. The highest BCUT2D eigenvalue weighted by atomic mass is 32.2. The van der Waals surface area contributed by atoms with E-state index in [2.05, 4.69) is 18.6 Å². The molecule has 0 heterocycles. The molecule has 17 heavy (non-hydrogen) atoms. The van der Waals surface area contributed by atoms with Crippen molar-refractivity contribution in [1.82, 2.24) is 4.72 Å². The maximum Gasteiger partial charge on any atom is 0.322 e. The number of hydrogen-bond acceptors (Lipinski definition) is 2. The van der Waals surface area contributed by atoms with Gasteiger partial charge >= 0.3 is 6.03 Å². The monoisotopic (exact) mass is 260 g/mol. The molecule has 0 radical (unpaired) electrons. The summed E-state index contributed by atoms with van der Waals surface area (Å²) in [6.07, 6.45) is 10.5. The molecule has 3 nitrogen and oxygen atoms in total. The zero-order valence-electron chi connectivity index (χ0n) is 11.3. The van der Waals surface area contributed by atoms with Crippen LogP contribution >= 0.6 is 11.9 Å². The summed E-state index contributed by atoms with van der Waals surface area (Å²) in [5.74, 6) is 1.85. The van der Waals surface area contributed by atoms with E-state index in [1.807, 2.05) is 0 Å². The van der Waals surface area contributed by atoms with E-state index in [0.29, 0.717) is 0 Å². The zero-order chi connectivity index (χ0) is 12.9. The Bertz CT molecular complexity index is 180. The first-order valence-corrected chi connectivity index (χ1v) is 7.86. The van der Waals surface area contributed by atoms with Crippen molar-refractivity contribution in [2.24, 2.45) is 11.7 Å². The highest BCUT2D eigenvalue weighted by Gasteiger charge is 2.07. The lowest BCUT2D eigenvalue weighted by Crippen LogP contribution is -2.23. The van der Waals surface area contributed by atoms with Crippen molar-refractivity contribution in [3.8, 4) is 0 Å². The minimum absolute atomic E-state index is 0.441. The van der Waals surface area contributed by atoms with Crippen LogP contribution in [0, 0.1) is 5.92 Å². The number of hydrogen-bond donors (Lipinski definition) is 2. The second-order valence-corrected chi connectivity index (χ2v) is 5.51. The molecule has 0 aromatic rings. The molecule has 0 spiro atoms. The number of unbranched alkanes of at least 4 members (excludes halogenated alkanes) is 2. The Kier molecular flexibility index (Phi) is 11.8. The van der Waals surface area contributed by atoms with E-state index in [1.165, 1.54) is 63.3 Å². The van der Waals surface area contributed by atoms with Gasteiger partial charge in [0, 0.05) is 5.75 Å². The van der Waals surface area contributed by atoms with Gasteiger partial charge in [-0.3, -0.25) is 4.72 Å². The van der Waals surface area contributed by atoms with E-state index in [1.54, 1.807) is 0 Å². The van der Waals surface area contributed by atoms with Gasteiger partial charge in [-0.1, -0.05) is 52.4 Å². The van der Waals surface area contributed by atoms with Gasteiger partial charge < -0.3 is 5.73 Å². The fourth-order valence-corrected chi connectivity index (χ4v) is 2.54. The summed E-state index contributed by atoms with van der Waals surface area (Å²) in [6, 6.07) is -0.441. The molecular formula is C13H28N2OS. The van der Waals surface area contributed by atoms with Gasteiger partial charge in [-0.2, -0.15) is 0 Å². The fourth-order valence-electron chi connectivity index (χ4n) is 1.98. The molecule has 0 atom stereocenters. The van der Waals surface area contributed by atoms with Crippen molar-refractivity contribution in [3.05, 3.63) is 0 Å². The van der Waals surface area contributed by atoms with E-state index in [-0.39, 0.29) is 0 Å². The standard InChI is InChI=1S/C13H28N2OS/c1-3-5-8-12(9-6-4-2)10-7-11-17-15-13(14)16/h12H,3-11H2,1-2H3,(H3,14,15,16). The fraction of sp³-hybridized carbons (Fsp3) is 0.923.